The summed E-state index contributed by atoms with van der Waals surface area (Å²) in [4.78, 5) is 13.9. The SMILES string of the molecule is C[C@@H](CNc1cn[nH]c(=O)c1Cl)N1CCc2ccccc2C1. The third-order valence-electron chi connectivity index (χ3n) is 4.17. The summed E-state index contributed by atoms with van der Waals surface area (Å²) >= 11 is 5.97. The smallest absolute Gasteiger partial charge is 0.285 e. The van der Waals surface area contributed by atoms with Crippen molar-refractivity contribution in [3.63, 3.8) is 0 Å². The van der Waals surface area contributed by atoms with E-state index in [0.29, 0.717) is 18.3 Å². The standard InChI is InChI=1S/C16H19ClN4O/c1-11(8-18-14-9-19-20-16(22)15(14)17)21-7-6-12-4-2-3-5-13(12)10-21/h2-5,9,11H,6-8,10H2,1H3,(H2,18,20,22)/t11-/m0/s1. The minimum Gasteiger partial charge on any atom is -0.381 e. The molecule has 1 aliphatic heterocycles. The lowest BCUT2D eigenvalue weighted by atomic mass is 9.99. The third kappa shape index (κ3) is 3.15. The Bertz CT molecular complexity index is 715. The van der Waals surface area contributed by atoms with Gasteiger partial charge in [0.15, 0.2) is 0 Å². The Morgan fingerprint density at radius 1 is 1.41 bits per heavy atom. The van der Waals surface area contributed by atoms with E-state index in [4.69, 9.17) is 11.6 Å². The number of anilines is 1. The van der Waals surface area contributed by atoms with Gasteiger partial charge in [0, 0.05) is 25.7 Å². The van der Waals surface area contributed by atoms with Crippen LogP contribution in [0.3, 0.4) is 0 Å². The predicted molar refractivity (Wildman–Crippen MR) is 88.4 cm³/mol. The van der Waals surface area contributed by atoms with Gasteiger partial charge < -0.3 is 5.32 Å². The normalized spacial score (nSPS) is 16.1. The molecule has 0 saturated carbocycles. The number of aromatic amines is 1. The maximum atomic E-state index is 11.4. The average Bonchev–Trinajstić information content (AvgIpc) is 2.55. The van der Waals surface area contributed by atoms with Crippen molar-refractivity contribution in [1.29, 1.82) is 0 Å². The van der Waals surface area contributed by atoms with E-state index in [1.54, 1.807) is 6.20 Å². The molecule has 0 bridgehead atoms. The molecule has 0 aliphatic carbocycles. The first-order valence-electron chi connectivity index (χ1n) is 7.43. The molecule has 1 aliphatic rings. The van der Waals surface area contributed by atoms with Crippen LogP contribution in [0.2, 0.25) is 5.02 Å². The molecular weight excluding hydrogens is 300 g/mol. The highest BCUT2D eigenvalue weighted by Crippen LogP contribution is 2.21. The number of H-pyrrole nitrogens is 1. The van der Waals surface area contributed by atoms with Crippen molar-refractivity contribution in [2.75, 3.05) is 18.4 Å². The number of fused-ring (bicyclic) bond motifs is 1. The summed E-state index contributed by atoms with van der Waals surface area (Å²) in [5.41, 5.74) is 3.05. The number of aromatic nitrogens is 2. The predicted octanol–water partition coefficient (Wildman–Crippen LogP) is 2.28. The molecule has 0 amide bonds. The molecule has 1 aromatic heterocycles. The van der Waals surface area contributed by atoms with Gasteiger partial charge in [-0.05, 0) is 24.5 Å². The molecule has 0 radical (unpaired) electrons. The van der Waals surface area contributed by atoms with Crippen LogP contribution in [-0.4, -0.2) is 34.2 Å². The van der Waals surface area contributed by atoms with Crippen LogP contribution in [0.15, 0.2) is 35.3 Å². The zero-order valence-electron chi connectivity index (χ0n) is 12.5. The molecule has 0 spiro atoms. The van der Waals surface area contributed by atoms with Crippen molar-refractivity contribution in [3.8, 4) is 0 Å². The van der Waals surface area contributed by atoms with Crippen LogP contribution in [0, 0.1) is 0 Å². The highest BCUT2D eigenvalue weighted by atomic mass is 35.5. The van der Waals surface area contributed by atoms with Crippen LogP contribution in [-0.2, 0) is 13.0 Å². The van der Waals surface area contributed by atoms with Gasteiger partial charge in [-0.3, -0.25) is 9.69 Å². The van der Waals surface area contributed by atoms with Gasteiger partial charge >= 0.3 is 0 Å². The molecule has 22 heavy (non-hydrogen) atoms. The quantitative estimate of drug-likeness (QED) is 0.908. The van der Waals surface area contributed by atoms with Gasteiger partial charge in [0.25, 0.3) is 5.56 Å². The summed E-state index contributed by atoms with van der Waals surface area (Å²) in [5, 5.41) is 9.46. The summed E-state index contributed by atoms with van der Waals surface area (Å²) in [5.74, 6) is 0. The van der Waals surface area contributed by atoms with E-state index in [-0.39, 0.29) is 10.6 Å². The summed E-state index contributed by atoms with van der Waals surface area (Å²) in [6.45, 7) is 4.89. The lowest BCUT2D eigenvalue weighted by Gasteiger charge is -2.34. The van der Waals surface area contributed by atoms with E-state index in [1.165, 1.54) is 11.1 Å². The Labute approximate surface area is 134 Å². The molecule has 2 aromatic rings. The maximum Gasteiger partial charge on any atom is 0.285 e. The molecule has 3 rings (SSSR count). The number of halogens is 1. The van der Waals surface area contributed by atoms with E-state index >= 15 is 0 Å². The number of hydrogen-bond acceptors (Lipinski definition) is 4. The van der Waals surface area contributed by atoms with Crippen LogP contribution in [0.5, 0.6) is 0 Å². The first kappa shape index (κ1) is 15.1. The Kier molecular flexibility index (Phi) is 4.45. The minimum absolute atomic E-state index is 0.159. The average molecular weight is 319 g/mol. The lowest BCUT2D eigenvalue weighted by molar-refractivity contribution is 0.198. The minimum atomic E-state index is -0.369. The van der Waals surface area contributed by atoms with Gasteiger partial charge in [0.1, 0.15) is 5.02 Å². The van der Waals surface area contributed by atoms with E-state index in [2.05, 4.69) is 51.6 Å². The van der Waals surface area contributed by atoms with Crippen LogP contribution >= 0.6 is 11.6 Å². The number of rotatable bonds is 4. The zero-order valence-corrected chi connectivity index (χ0v) is 13.2. The van der Waals surface area contributed by atoms with Crippen molar-refractivity contribution in [2.45, 2.75) is 25.9 Å². The fourth-order valence-corrected chi connectivity index (χ4v) is 2.95. The van der Waals surface area contributed by atoms with Crippen LogP contribution in [0.25, 0.3) is 0 Å². The summed E-state index contributed by atoms with van der Waals surface area (Å²) in [6, 6.07) is 8.92. The van der Waals surface area contributed by atoms with Gasteiger partial charge in [0.2, 0.25) is 0 Å². The van der Waals surface area contributed by atoms with Crippen LogP contribution in [0.1, 0.15) is 18.1 Å². The molecule has 0 unspecified atom stereocenters. The van der Waals surface area contributed by atoms with Gasteiger partial charge in [-0.25, -0.2) is 5.10 Å². The third-order valence-corrected chi connectivity index (χ3v) is 4.54. The monoisotopic (exact) mass is 318 g/mol. The Morgan fingerprint density at radius 2 is 2.18 bits per heavy atom. The molecule has 116 valence electrons. The highest BCUT2D eigenvalue weighted by Gasteiger charge is 2.20. The van der Waals surface area contributed by atoms with Gasteiger partial charge in [-0.2, -0.15) is 5.10 Å². The van der Waals surface area contributed by atoms with Crippen molar-refractivity contribution in [3.05, 3.63) is 57.0 Å². The first-order chi connectivity index (χ1) is 10.6. The molecule has 6 heteroatoms. The Morgan fingerprint density at radius 3 is 3.00 bits per heavy atom. The van der Waals surface area contributed by atoms with E-state index in [1.807, 2.05) is 0 Å². The second-order valence-electron chi connectivity index (χ2n) is 5.65. The molecule has 1 atom stereocenters. The number of nitrogens with zero attached hydrogens (tertiary/aromatic N) is 2. The van der Waals surface area contributed by atoms with Gasteiger partial charge in [-0.1, -0.05) is 35.9 Å². The summed E-state index contributed by atoms with van der Waals surface area (Å²) in [7, 11) is 0. The molecule has 1 aromatic carbocycles. The molecule has 0 saturated heterocycles. The van der Waals surface area contributed by atoms with Crippen LogP contribution in [0.4, 0.5) is 5.69 Å². The largest absolute Gasteiger partial charge is 0.381 e. The number of benzene rings is 1. The second kappa shape index (κ2) is 6.50. The number of nitrogens with one attached hydrogen (secondary N) is 2. The fraction of sp³-hybridized carbons (Fsp3) is 0.375. The fourth-order valence-electron chi connectivity index (χ4n) is 2.79. The zero-order chi connectivity index (χ0) is 15.5. The van der Waals surface area contributed by atoms with Crippen molar-refractivity contribution in [1.82, 2.24) is 15.1 Å². The van der Waals surface area contributed by atoms with Crippen molar-refractivity contribution in [2.24, 2.45) is 0 Å². The van der Waals surface area contributed by atoms with E-state index < -0.39 is 0 Å². The second-order valence-corrected chi connectivity index (χ2v) is 6.02. The van der Waals surface area contributed by atoms with E-state index in [0.717, 1.165) is 19.5 Å². The Hall–Kier alpha value is -1.85. The topological polar surface area (TPSA) is 61.0 Å². The lowest BCUT2D eigenvalue weighted by Crippen LogP contribution is -2.41. The summed E-state index contributed by atoms with van der Waals surface area (Å²) < 4.78 is 0. The number of hydrogen-bond donors (Lipinski definition) is 2. The Balaban J connectivity index is 1.62. The molecule has 2 heterocycles. The maximum absolute atomic E-state index is 11.4. The molecule has 2 N–H and O–H groups in total. The van der Waals surface area contributed by atoms with Crippen molar-refractivity contribution >= 4 is 17.3 Å². The highest BCUT2D eigenvalue weighted by molar-refractivity contribution is 6.32. The molecule has 0 fully saturated rings. The van der Waals surface area contributed by atoms with Crippen LogP contribution < -0.4 is 10.9 Å². The molecule has 5 nitrogen and oxygen atoms in total. The molecular formula is C16H19ClN4O. The van der Waals surface area contributed by atoms with Gasteiger partial charge in [-0.15, -0.1) is 0 Å². The van der Waals surface area contributed by atoms with E-state index in [9.17, 15) is 4.79 Å². The summed E-state index contributed by atoms with van der Waals surface area (Å²) in [6.07, 6.45) is 2.62. The van der Waals surface area contributed by atoms with Gasteiger partial charge in [0.05, 0.1) is 11.9 Å². The first-order valence-corrected chi connectivity index (χ1v) is 7.81. The van der Waals surface area contributed by atoms with Crippen molar-refractivity contribution < 1.29 is 0 Å².